The van der Waals surface area contributed by atoms with Gasteiger partial charge in [0, 0.05) is 18.4 Å². The lowest BCUT2D eigenvalue weighted by molar-refractivity contribution is -0.273. The molecule has 1 saturated carbocycles. The number of likely N-dealkylation sites (tertiary alicyclic amines) is 1. The Morgan fingerprint density at radius 2 is 1.58 bits per heavy atom. The van der Waals surface area contributed by atoms with Gasteiger partial charge in [-0.2, -0.15) is 4.90 Å². The van der Waals surface area contributed by atoms with Crippen LogP contribution in [0.1, 0.15) is 45.3 Å². The number of hydrogen-bond donors (Lipinski definition) is 2. The number of imide groups is 3. The molecule has 2 saturated heterocycles. The number of phenolic OH excluding ortho intramolecular Hbond substituents is 1. The lowest BCUT2D eigenvalue weighted by Gasteiger charge is -2.48. The minimum atomic E-state index is -3.04. The number of phenols is 1. The quantitative estimate of drug-likeness (QED) is 0.309. The smallest absolute Gasteiger partial charge is 0.423 e. The predicted molar refractivity (Wildman–Crippen MR) is 168 cm³/mol. The first-order chi connectivity index (χ1) is 21.4. The highest BCUT2D eigenvalue weighted by Gasteiger charge is 2.68. The van der Waals surface area contributed by atoms with Crippen molar-refractivity contribution in [3.63, 3.8) is 0 Å². The second-order valence-electron chi connectivity index (χ2n) is 13.3. The van der Waals surface area contributed by atoms with Gasteiger partial charge in [-0.25, -0.2) is 4.79 Å². The number of methoxy groups -OCH3 is 1. The molecule has 2 heterocycles. The second-order valence-corrected chi connectivity index (χ2v) is 17.6. The summed E-state index contributed by atoms with van der Waals surface area (Å²) in [6.07, 6.45) is -1.39. The largest absolute Gasteiger partial charge is 0.508 e. The van der Waals surface area contributed by atoms with Crippen molar-refractivity contribution in [2.24, 2.45) is 23.7 Å². The van der Waals surface area contributed by atoms with Crippen LogP contribution in [0.2, 0.25) is 5.04 Å². The molecule has 0 unspecified atom stereocenters. The lowest BCUT2D eigenvalue weighted by Crippen LogP contribution is -2.67. The Kier molecular flexibility index (Phi) is 7.97. The molecule has 45 heavy (non-hydrogen) atoms. The molecule has 236 valence electrons. The molecule has 2 N–H and O–H groups in total. The van der Waals surface area contributed by atoms with Crippen molar-refractivity contribution >= 4 is 36.6 Å². The fourth-order valence-corrected chi connectivity index (χ4v) is 12.5. The van der Waals surface area contributed by atoms with Crippen molar-refractivity contribution in [1.29, 1.82) is 0 Å². The summed E-state index contributed by atoms with van der Waals surface area (Å²) in [5.74, 6) is -6.43. The highest BCUT2D eigenvalue weighted by Crippen LogP contribution is 2.58. The number of fused-ring (bicyclic) bond motifs is 3. The lowest BCUT2D eigenvalue weighted by atomic mass is 9.64. The second kappa shape index (κ2) is 11.5. The summed E-state index contributed by atoms with van der Waals surface area (Å²) < 4.78 is 18.4. The van der Waals surface area contributed by atoms with Crippen LogP contribution in [-0.4, -0.2) is 60.8 Å². The van der Waals surface area contributed by atoms with Crippen LogP contribution in [0.5, 0.6) is 5.75 Å². The van der Waals surface area contributed by atoms with E-state index in [1.165, 1.54) is 0 Å². The summed E-state index contributed by atoms with van der Waals surface area (Å²) in [5, 5.41) is 24.5. The van der Waals surface area contributed by atoms with E-state index >= 15 is 0 Å². The zero-order chi connectivity index (χ0) is 32.1. The Labute approximate surface area is 263 Å². The third-order valence-corrected chi connectivity index (χ3v) is 14.9. The van der Waals surface area contributed by atoms with Gasteiger partial charge in [-0.3, -0.25) is 9.59 Å². The predicted octanol–water partition coefficient (Wildman–Crippen LogP) is 4.12. The van der Waals surface area contributed by atoms with Crippen molar-refractivity contribution in [1.82, 2.24) is 4.90 Å². The van der Waals surface area contributed by atoms with Gasteiger partial charge in [-0.05, 0) is 45.9 Å². The summed E-state index contributed by atoms with van der Waals surface area (Å²) in [5.41, 5.74) is 0.641. The Morgan fingerprint density at radius 3 is 2.13 bits per heavy atom. The molecule has 0 bridgehead atoms. The maximum absolute atomic E-state index is 13.6. The minimum Gasteiger partial charge on any atom is -0.508 e. The molecule has 3 fully saturated rings. The van der Waals surface area contributed by atoms with Crippen molar-refractivity contribution in [2.45, 2.75) is 50.5 Å². The normalized spacial score (nSPS) is 28.1. The third-order valence-electron chi connectivity index (χ3n) is 9.88. The van der Waals surface area contributed by atoms with Crippen molar-refractivity contribution in [2.75, 3.05) is 13.7 Å². The van der Waals surface area contributed by atoms with E-state index < -0.39 is 61.8 Å². The molecule has 0 aromatic heterocycles. The van der Waals surface area contributed by atoms with Crippen LogP contribution in [0.15, 0.2) is 84.9 Å². The van der Waals surface area contributed by atoms with Gasteiger partial charge >= 0.3 is 6.09 Å². The van der Waals surface area contributed by atoms with Crippen LogP contribution in [0, 0.1) is 23.7 Å². The number of rotatable bonds is 6. The van der Waals surface area contributed by atoms with E-state index in [-0.39, 0.29) is 30.2 Å². The maximum Gasteiger partial charge on any atom is 0.423 e. The van der Waals surface area contributed by atoms with Crippen molar-refractivity contribution < 1.29 is 38.5 Å². The van der Waals surface area contributed by atoms with E-state index in [1.54, 1.807) is 24.3 Å². The number of amides is 3. The van der Waals surface area contributed by atoms with E-state index in [9.17, 15) is 24.6 Å². The Hall–Kier alpha value is -3.83. The number of ether oxygens (including phenoxy) is 2. The zero-order valence-corrected chi connectivity index (χ0v) is 26.9. The topological polar surface area (TPSA) is 123 Å². The number of hydrogen-bond acceptors (Lipinski definition) is 8. The van der Waals surface area contributed by atoms with Gasteiger partial charge in [0.15, 0.2) is 5.79 Å². The number of nitrogens with zero attached hydrogens (tertiary/aromatic N) is 1. The molecule has 3 amide bonds. The van der Waals surface area contributed by atoms with Gasteiger partial charge in [0.25, 0.3) is 8.32 Å². The van der Waals surface area contributed by atoms with E-state index in [1.807, 2.05) is 36.4 Å². The van der Waals surface area contributed by atoms with E-state index in [4.69, 9.17) is 13.9 Å². The molecule has 3 aromatic rings. The zero-order valence-electron chi connectivity index (χ0n) is 25.9. The standard InChI is InChI=1S/C35H39NO8Si/c1-34(2,3)45(25-14-7-5-8-15-25,26-16-9-6-10-17-26)43-21-23-19-27-30(32(39)36(31(27)38)33(40)42-4)28-20-29(44-35(23,28)41)22-12-11-13-24(37)18-22/h5-18,23,27-30,37,41H,19-21H2,1-4H3/t23-,27+,28+,29+,30+,35-/m1/s1. The first-order valence-electron chi connectivity index (χ1n) is 15.3. The highest BCUT2D eigenvalue weighted by molar-refractivity contribution is 6.99. The molecule has 6 rings (SSSR count). The summed E-state index contributed by atoms with van der Waals surface area (Å²) >= 11 is 0. The van der Waals surface area contributed by atoms with E-state index in [2.05, 4.69) is 45.0 Å². The minimum absolute atomic E-state index is 0.0476. The number of benzene rings is 3. The molecule has 9 nitrogen and oxygen atoms in total. The van der Waals surface area contributed by atoms with Crippen LogP contribution >= 0.6 is 0 Å². The van der Waals surface area contributed by atoms with Crippen LogP contribution in [0.3, 0.4) is 0 Å². The molecule has 3 aliphatic rings. The van der Waals surface area contributed by atoms with Gasteiger partial charge in [0.2, 0.25) is 11.8 Å². The maximum atomic E-state index is 13.6. The molecule has 0 spiro atoms. The van der Waals surface area contributed by atoms with Gasteiger partial charge in [0.05, 0.1) is 25.0 Å². The van der Waals surface area contributed by atoms with Gasteiger partial charge < -0.3 is 24.1 Å². The number of carbonyl (C=O) groups is 3. The Morgan fingerprint density at radius 1 is 0.956 bits per heavy atom. The first kappa shape index (κ1) is 31.2. The SMILES string of the molecule is COC(=O)N1C(=O)[C@H]2[C@H](C[C@H](CO[Si](c3ccccc3)(c3ccccc3)C(C)(C)C)[C@@]3(O)O[C@H](c4cccc(O)c4)C[C@@H]23)C1=O. The van der Waals surface area contributed by atoms with Gasteiger partial charge in [-0.15, -0.1) is 0 Å². The molecular formula is C35H39NO8Si. The highest BCUT2D eigenvalue weighted by atomic mass is 28.4. The molecular weight excluding hydrogens is 590 g/mol. The fraction of sp³-hybridized carbons (Fsp3) is 0.400. The molecule has 2 aliphatic heterocycles. The molecule has 1 aliphatic carbocycles. The van der Waals surface area contributed by atoms with Crippen molar-refractivity contribution in [3.05, 3.63) is 90.5 Å². The third kappa shape index (κ3) is 5.00. The first-order valence-corrected chi connectivity index (χ1v) is 17.2. The monoisotopic (exact) mass is 629 g/mol. The van der Waals surface area contributed by atoms with Crippen LogP contribution in [0.4, 0.5) is 4.79 Å². The molecule has 10 heteroatoms. The van der Waals surface area contributed by atoms with E-state index in [0.717, 1.165) is 17.5 Å². The van der Waals surface area contributed by atoms with Crippen molar-refractivity contribution in [3.8, 4) is 5.75 Å². The number of aliphatic hydroxyl groups is 1. The van der Waals surface area contributed by atoms with Gasteiger partial charge in [-0.1, -0.05) is 93.6 Å². The fourth-order valence-electron chi connectivity index (χ4n) is 7.87. The summed E-state index contributed by atoms with van der Waals surface area (Å²) in [6, 6.07) is 26.8. The van der Waals surface area contributed by atoms with Crippen LogP contribution in [-0.2, 0) is 23.5 Å². The molecule has 6 atom stereocenters. The van der Waals surface area contributed by atoms with Gasteiger partial charge in [0.1, 0.15) is 5.75 Å². The summed E-state index contributed by atoms with van der Waals surface area (Å²) in [4.78, 5) is 40.4. The number of carbonyl (C=O) groups excluding carboxylic acids is 3. The van der Waals surface area contributed by atoms with E-state index in [0.29, 0.717) is 10.5 Å². The average Bonchev–Trinajstić information content (AvgIpc) is 3.51. The summed E-state index contributed by atoms with van der Waals surface area (Å²) in [6.45, 7) is 6.52. The summed E-state index contributed by atoms with van der Waals surface area (Å²) in [7, 11) is -1.91. The Balaban J connectivity index is 1.43. The van der Waals surface area contributed by atoms with Crippen LogP contribution < -0.4 is 10.4 Å². The Bertz CT molecular complexity index is 1550. The number of aromatic hydroxyl groups is 1. The van der Waals surface area contributed by atoms with Crippen LogP contribution in [0.25, 0.3) is 0 Å². The molecule has 3 aromatic carbocycles. The average molecular weight is 630 g/mol. The molecule has 0 radical (unpaired) electrons.